The number of amides is 1. The second-order valence-electron chi connectivity index (χ2n) is 5.86. The summed E-state index contributed by atoms with van der Waals surface area (Å²) in [7, 11) is 0. The van der Waals surface area contributed by atoms with E-state index in [1.807, 2.05) is 30.3 Å². The molecule has 0 saturated carbocycles. The van der Waals surface area contributed by atoms with Gasteiger partial charge >= 0.3 is 5.91 Å². The first-order valence-corrected chi connectivity index (χ1v) is 8.46. The van der Waals surface area contributed by atoms with Crippen LogP contribution in [0.25, 0.3) is 0 Å². The molecular formula is C20H19N3O5. The van der Waals surface area contributed by atoms with Crippen LogP contribution >= 0.6 is 0 Å². The predicted molar refractivity (Wildman–Crippen MR) is 101 cm³/mol. The number of pyridine rings is 1. The highest BCUT2D eigenvalue weighted by Gasteiger charge is 2.12. The van der Waals surface area contributed by atoms with Gasteiger partial charge in [0.1, 0.15) is 23.9 Å². The minimum absolute atomic E-state index is 0.0707. The highest BCUT2D eigenvalue weighted by Crippen LogP contribution is 2.21. The van der Waals surface area contributed by atoms with E-state index in [1.165, 1.54) is 18.5 Å². The van der Waals surface area contributed by atoms with Crippen LogP contribution in [0.3, 0.4) is 0 Å². The molecule has 1 aromatic carbocycles. The van der Waals surface area contributed by atoms with Crippen LogP contribution in [-0.2, 0) is 13.2 Å². The van der Waals surface area contributed by atoms with E-state index in [-0.39, 0.29) is 30.3 Å². The summed E-state index contributed by atoms with van der Waals surface area (Å²) in [5.74, 6) is 0.590. The van der Waals surface area contributed by atoms with E-state index in [0.29, 0.717) is 22.8 Å². The summed E-state index contributed by atoms with van der Waals surface area (Å²) < 4.78 is 11.0. The molecule has 8 heteroatoms. The Balaban J connectivity index is 1.61. The minimum Gasteiger partial charge on any atom is -0.505 e. The minimum atomic E-state index is -0.557. The Morgan fingerprint density at radius 3 is 2.82 bits per heavy atom. The normalized spacial score (nSPS) is 10.9. The number of ether oxygens (including phenoxy) is 1. The molecule has 3 aromatic rings. The van der Waals surface area contributed by atoms with Crippen LogP contribution in [-0.4, -0.2) is 27.3 Å². The lowest BCUT2D eigenvalue weighted by Crippen LogP contribution is -2.17. The molecule has 0 spiro atoms. The molecule has 2 heterocycles. The van der Waals surface area contributed by atoms with Crippen LogP contribution in [0.2, 0.25) is 0 Å². The van der Waals surface area contributed by atoms with E-state index < -0.39 is 5.91 Å². The zero-order valence-corrected chi connectivity index (χ0v) is 15.1. The van der Waals surface area contributed by atoms with E-state index in [9.17, 15) is 15.0 Å². The number of benzene rings is 1. The second-order valence-corrected chi connectivity index (χ2v) is 5.86. The summed E-state index contributed by atoms with van der Waals surface area (Å²) in [5.41, 5.74) is 3.38. The van der Waals surface area contributed by atoms with Crippen molar-refractivity contribution in [3.8, 4) is 11.5 Å². The van der Waals surface area contributed by atoms with Crippen LogP contribution in [0.1, 0.15) is 33.1 Å². The molecule has 1 amide bonds. The molecule has 0 saturated heterocycles. The highest BCUT2D eigenvalue weighted by atomic mass is 16.5. The number of hydrazone groups is 1. The molecule has 0 unspecified atom stereocenters. The largest absolute Gasteiger partial charge is 0.505 e. The number of aromatic nitrogens is 1. The summed E-state index contributed by atoms with van der Waals surface area (Å²) in [6.07, 6.45) is 2.68. The van der Waals surface area contributed by atoms with Gasteiger partial charge < -0.3 is 19.4 Å². The molecule has 0 bridgehead atoms. The molecule has 0 atom stereocenters. The summed E-state index contributed by atoms with van der Waals surface area (Å²) in [6, 6.07) is 12.4. The topological polar surface area (TPSA) is 117 Å². The van der Waals surface area contributed by atoms with Gasteiger partial charge in [-0.05, 0) is 31.2 Å². The van der Waals surface area contributed by atoms with Crippen LogP contribution < -0.4 is 10.2 Å². The molecule has 2 aromatic heterocycles. The van der Waals surface area contributed by atoms with Gasteiger partial charge in [0.25, 0.3) is 0 Å². The van der Waals surface area contributed by atoms with Crippen molar-refractivity contribution in [1.29, 1.82) is 0 Å². The molecule has 8 nitrogen and oxygen atoms in total. The predicted octanol–water partition coefficient (Wildman–Crippen LogP) is 2.52. The number of hydrogen-bond acceptors (Lipinski definition) is 7. The fraction of sp³-hybridized carbons (Fsp3) is 0.150. The highest BCUT2D eigenvalue weighted by molar-refractivity contribution is 5.93. The number of para-hydroxylation sites is 1. The van der Waals surface area contributed by atoms with Gasteiger partial charge in [-0.25, -0.2) is 5.43 Å². The van der Waals surface area contributed by atoms with Crippen molar-refractivity contribution in [2.24, 2.45) is 5.10 Å². The number of nitrogens with zero attached hydrogens (tertiary/aromatic N) is 2. The van der Waals surface area contributed by atoms with Gasteiger partial charge in [0, 0.05) is 17.3 Å². The quantitative estimate of drug-likeness (QED) is 0.428. The van der Waals surface area contributed by atoms with E-state index >= 15 is 0 Å². The van der Waals surface area contributed by atoms with Crippen LogP contribution in [0, 0.1) is 6.92 Å². The molecule has 144 valence electrons. The fourth-order valence-electron chi connectivity index (χ4n) is 2.38. The van der Waals surface area contributed by atoms with Crippen molar-refractivity contribution in [3.63, 3.8) is 0 Å². The number of furan rings is 1. The number of carbonyl (C=O) groups is 1. The molecule has 0 aliphatic carbocycles. The molecule has 28 heavy (non-hydrogen) atoms. The maximum Gasteiger partial charge on any atom is 0.307 e. The Morgan fingerprint density at radius 2 is 2.07 bits per heavy atom. The zero-order chi connectivity index (χ0) is 19.9. The molecular weight excluding hydrogens is 362 g/mol. The summed E-state index contributed by atoms with van der Waals surface area (Å²) in [5, 5.41) is 23.2. The van der Waals surface area contributed by atoms with Gasteiger partial charge in [0.05, 0.1) is 18.5 Å². The lowest BCUT2D eigenvalue weighted by Gasteiger charge is -2.06. The van der Waals surface area contributed by atoms with Crippen LogP contribution in [0.5, 0.6) is 11.5 Å². The number of rotatable bonds is 7. The summed E-state index contributed by atoms with van der Waals surface area (Å²) >= 11 is 0. The van der Waals surface area contributed by atoms with E-state index in [4.69, 9.17) is 9.15 Å². The number of aryl methyl sites for hydroxylation is 1. The van der Waals surface area contributed by atoms with Gasteiger partial charge in [-0.15, -0.1) is 0 Å². The number of aliphatic hydroxyl groups is 1. The van der Waals surface area contributed by atoms with Gasteiger partial charge in [0.15, 0.2) is 5.76 Å². The van der Waals surface area contributed by atoms with Crippen molar-refractivity contribution < 1.29 is 24.2 Å². The molecule has 3 N–H and O–H groups in total. The van der Waals surface area contributed by atoms with Crippen molar-refractivity contribution in [1.82, 2.24) is 10.4 Å². The number of aliphatic hydroxyl groups excluding tert-OH is 1. The maximum atomic E-state index is 12.1. The van der Waals surface area contributed by atoms with Crippen LogP contribution in [0.4, 0.5) is 0 Å². The molecule has 0 fully saturated rings. The van der Waals surface area contributed by atoms with Crippen molar-refractivity contribution in [2.45, 2.75) is 20.1 Å². The second kappa shape index (κ2) is 8.83. The van der Waals surface area contributed by atoms with E-state index in [2.05, 4.69) is 15.5 Å². The van der Waals surface area contributed by atoms with Gasteiger partial charge in [-0.2, -0.15) is 5.10 Å². The molecule has 0 radical (unpaired) electrons. The lowest BCUT2D eigenvalue weighted by molar-refractivity contribution is 0.0923. The number of aromatic hydroxyl groups is 1. The average molecular weight is 381 g/mol. The van der Waals surface area contributed by atoms with Crippen LogP contribution in [0.15, 0.2) is 58.2 Å². The third-order valence-corrected chi connectivity index (χ3v) is 3.90. The third-order valence-electron chi connectivity index (χ3n) is 3.90. The van der Waals surface area contributed by atoms with Gasteiger partial charge in [-0.3, -0.25) is 9.78 Å². The van der Waals surface area contributed by atoms with E-state index in [1.54, 1.807) is 13.0 Å². The average Bonchev–Trinajstić information content (AvgIpc) is 3.19. The van der Waals surface area contributed by atoms with Crippen molar-refractivity contribution in [3.05, 3.63) is 77.0 Å². The standard InChI is InChI=1S/C20H19N3O5/c1-13-19(25)17(14(11-24)9-21-13)10-22-23-20(26)18-8-7-16(28-18)12-27-15-5-3-2-4-6-15/h2-10,24-25H,11-12H2,1H3,(H,23,26)/b22-10+. The van der Waals surface area contributed by atoms with Crippen molar-refractivity contribution in [2.75, 3.05) is 0 Å². The monoisotopic (exact) mass is 381 g/mol. The number of nitrogens with one attached hydrogen (secondary N) is 1. The summed E-state index contributed by atoms with van der Waals surface area (Å²) in [6.45, 7) is 1.48. The molecule has 0 aliphatic heterocycles. The SMILES string of the molecule is Cc1ncc(CO)c(/C=N/NC(=O)c2ccc(COc3ccccc3)o2)c1O. The fourth-order valence-corrected chi connectivity index (χ4v) is 2.38. The molecule has 0 aliphatic rings. The lowest BCUT2D eigenvalue weighted by atomic mass is 10.1. The first kappa shape index (κ1) is 19.1. The Bertz CT molecular complexity index is 983. The first-order valence-electron chi connectivity index (χ1n) is 8.46. The Morgan fingerprint density at radius 1 is 1.29 bits per heavy atom. The maximum absolute atomic E-state index is 12.1. The first-order chi connectivity index (χ1) is 13.6. The smallest absolute Gasteiger partial charge is 0.307 e. The Hall–Kier alpha value is -3.65. The van der Waals surface area contributed by atoms with Gasteiger partial charge in [0.2, 0.25) is 0 Å². The molecule has 3 rings (SSSR count). The zero-order valence-electron chi connectivity index (χ0n) is 15.1. The Kier molecular flexibility index (Phi) is 6.03. The summed E-state index contributed by atoms with van der Waals surface area (Å²) in [4.78, 5) is 16.1. The van der Waals surface area contributed by atoms with E-state index in [0.717, 1.165) is 0 Å². The Labute approximate surface area is 161 Å². The number of hydrogen-bond donors (Lipinski definition) is 3. The van der Waals surface area contributed by atoms with Crippen molar-refractivity contribution >= 4 is 12.1 Å². The third kappa shape index (κ3) is 4.54. The number of carbonyl (C=O) groups excluding carboxylic acids is 1. The van der Waals surface area contributed by atoms with Gasteiger partial charge in [-0.1, -0.05) is 18.2 Å².